The van der Waals surface area contributed by atoms with E-state index < -0.39 is 0 Å². The smallest absolute Gasteiger partial charge is 0.327 e. The number of hydrogen-bond acceptors (Lipinski definition) is 8. The van der Waals surface area contributed by atoms with Crippen LogP contribution in [0.25, 0.3) is 11.2 Å². The van der Waals surface area contributed by atoms with Gasteiger partial charge in [0.2, 0.25) is 0 Å². The number of unbranched alkanes of at least 4 members (excludes halogenated alkanes) is 1. The number of aromatic nitrogens is 4. The van der Waals surface area contributed by atoms with Gasteiger partial charge in [-0.25, -0.2) is 4.79 Å². The van der Waals surface area contributed by atoms with Crippen LogP contribution in [0.5, 0.6) is 6.01 Å². The molecule has 2 aromatic heterocycles. The fourth-order valence-electron chi connectivity index (χ4n) is 4.23. The largest absolute Gasteiger partial charge is 0.463 e. The average molecular weight is 468 g/mol. The SMILES string of the molecule is CCCCOc1nc(N)c2[nH]c(=O)n(CCN3CCN(c4cccc(CC(C)=O)c4)CC3)c2n1. The van der Waals surface area contributed by atoms with E-state index in [1.807, 2.05) is 12.1 Å². The predicted octanol–water partition coefficient (Wildman–Crippen LogP) is 1.83. The molecule has 10 heteroatoms. The highest BCUT2D eigenvalue weighted by atomic mass is 16.5. The standard InChI is InChI=1S/C24H33N7O3/c1-3-4-14-34-23-27-21(25)20-22(28-23)31(24(33)26-20)13-10-29-8-11-30(12-9-29)19-7-5-6-18(16-19)15-17(2)32/h5-7,16H,3-4,8-15H2,1-2H3,(H,26,33)(H2,25,27,28). The highest BCUT2D eigenvalue weighted by Crippen LogP contribution is 2.20. The van der Waals surface area contributed by atoms with Gasteiger partial charge in [-0.1, -0.05) is 25.5 Å². The van der Waals surface area contributed by atoms with Crippen LogP contribution in [0.2, 0.25) is 0 Å². The number of H-pyrrole nitrogens is 1. The Bertz CT molecular complexity index is 1190. The van der Waals surface area contributed by atoms with E-state index in [1.165, 1.54) is 0 Å². The van der Waals surface area contributed by atoms with E-state index in [2.05, 4.69) is 43.8 Å². The number of anilines is 2. The number of imidazole rings is 1. The fourth-order valence-corrected chi connectivity index (χ4v) is 4.23. The number of carbonyl (C=O) groups is 1. The van der Waals surface area contributed by atoms with Gasteiger partial charge in [0.05, 0.1) is 6.61 Å². The maximum Gasteiger partial charge on any atom is 0.327 e. The summed E-state index contributed by atoms with van der Waals surface area (Å²) in [7, 11) is 0. The third kappa shape index (κ3) is 5.56. The molecule has 34 heavy (non-hydrogen) atoms. The van der Waals surface area contributed by atoms with E-state index in [0.29, 0.717) is 30.7 Å². The number of nitrogens with zero attached hydrogens (tertiary/aromatic N) is 5. The summed E-state index contributed by atoms with van der Waals surface area (Å²) >= 11 is 0. The molecule has 182 valence electrons. The van der Waals surface area contributed by atoms with E-state index in [0.717, 1.165) is 56.8 Å². The highest BCUT2D eigenvalue weighted by molar-refractivity contribution is 5.81. The van der Waals surface area contributed by atoms with Crippen LogP contribution in [0.1, 0.15) is 32.3 Å². The molecule has 0 unspecified atom stereocenters. The number of rotatable bonds is 10. The van der Waals surface area contributed by atoms with Crippen molar-refractivity contribution in [2.45, 2.75) is 39.7 Å². The van der Waals surface area contributed by atoms with Crippen molar-refractivity contribution in [1.82, 2.24) is 24.4 Å². The van der Waals surface area contributed by atoms with Crippen molar-refractivity contribution in [2.24, 2.45) is 0 Å². The Kier molecular flexibility index (Phi) is 7.46. The lowest BCUT2D eigenvalue weighted by Crippen LogP contribution is -2.47. The first kappa shape index (κ1) is 23.7. The predicted molar refractivity (Wildman–Crippen MR) is 132 cm³/mol. The van der Waals surface area contributed by atoms with Crippen LogP contribution < -0.4 is 21.1 Å². The van der Waals surface area contributed by atoms with Gasteiger partial charge in [-0.05, 0) is 31.0 Å². The number of carbonyl (C=O) groups excluding carboxylic acids is 1. The first-order valence-corrected chi connectivity index (χ1v) is 11.9. The second-order valence-electron chi connectivity index (χ2n) is 8.75. The van der Waals surface area contributed by atoms with Crippen LogP contribution in [0.15, 0.2) is 29.1 Å². The molecular formula is C24H33N7O3. The molecule has 3 N–H and O–H groups in total. The molecule has 3 heterocycles. The quantitative estimate of drug-likeness (QED) is 0.433. The first-order valence-electron chi connectivity index (χ1n) is 11.9. The number of Topliss-reactive ketones (excluding diaryl/α,β-unsaturated/α-hetero) is 1. The third-order valence-electron chi connectivity index (χ3n) is 6.10. The summed E-state index contributed by atoms with van der Waals surface area (Å²) < 4.78 is 7.22. The molecule has 0 bridgehead atoms. The van der Waals surface area contributed by atoms with Gasteiger partial charge in [-0.15, -0.1) is 0 Å². The van der Waals surface area contributed by atoms with Gasteiger partial charge in [-0.3, -0.25) is 14.3 Å². The Morgan fingerprint density at radius 2 is 1.97 bits per heavy atom. The van der Waals surface area contributed by atoms with Crippen molar-refractivity contribution in [3.8, 4) is 6.01 Å². The lowest BCUT2D eigenvalue weighted by molar-refractivity contribution is -0.116. The average Bonchev–Trinajstić information content (AvgIpc) is 3.13. The summed E-state index contributed by atoms with van der Waals surface area (Å²) in [6.07, 6.45) is 2.37. The molecule has 4 rings (SSSR count). The second kappa shape index (κ2) is 10.7. The number of piperazine rings is 1. The number of nitrogens with two attached hydrogens (primary N) is 1. The van der Waals surface area contributed by atoms with Crippen molar-refractivity contribution in [2.75, 3.05) is 50.0 Å². The lowest BCUT2D eigenvalue weighted by atomic mass is 10.1. The van der Waals surface area contributed by atoms with Crippen molar-refractivity contribution < 1.29 is 9.53 Å². The molecule has 0 spiro atoms. The molecule has 1 aliphatic heterocycles. The molecule has 3 aromatic rings. The molecular weight excluding hydrogens is 434 g/mol. The molecule has 0 amide bonds. The summed E-state index contributed by atoms with van der Waals surface area (Å²) in [4.78, 5) is 40.1. The molecule has 10 nitrogen and oxygen atoms in total. The minimum absolute atomic E-state index is 0.168. The van der Waals surface area contributed by atoms with Crippen LogP contribution in [-0.4, -0.2) is 69.5 Å². The van der Waals surface area contributed by atoms with E-state index in [4.69, 9.17) is 10.5 Å². The van der Waals surface area contributed by atoms with Gasteiger partial charge in [0.25, 0.3) is 0 Å². The van der Waals surface area contributed by atoms with Crippen LogP contribution in [0.4, 0.5) is 11.5 Å². The van der Waals surface area contributed by atoms with Gasteiger partial charge in [0, 0.05) is 51.4 Å². The zero-order valence-corrected chi connectivity index (χ0v) is 19.9. The monoisotopic (exact) mass is 467 g/mol. The molecule has 0 aliphatic carbocycles. The summed E-state index contributed by atoms with van der Waals surface area (Å²) in [6.45, 7) is 8.97. The summed E-state index contributed by atoms with van der Waals surface area (Å²) in [5.41, 5.74) is 8.91. The lowest BCUT2D eigenvalue weighted by Gasteiger charge is -2.36. The van der Waals surface area contributed by atoms with Crippen LogP contribution in [-0.2, 0) is 17.8 Å². The Balaban J connectivity index is 1.38. The number of ether oxygens (including phenoxy) is 1. The van der Waals surface area contributed by atoms with Gasteiger partial charge < -0.3 is 20.4 Å². The van der Waals surface area contributed by atoms with Gasteiger partial charge in [0.1, 0.15) is 11.3 Å². The number of nitrogen functional groups attached to an aromatic ring is 1. The number of fused-ring (bicyclic) bond motifs is 1. The number of nitrogens with one attached hydrogen (secondary N) is 1. The third-order valence-corrected chi connectivity index (χ3v) is 6.10. The van der Waals surface area contributed by atoms with Gasteiger partial charge in [0.15, 0.2) is 11.5 Å². The Hall–Kier alpha value is -3.40. The Labute approximate surface area is 198 Å². The zero-order valence-electron chi connectivity index (χ0n) is 19.9. The van der Waals surface area contributed by atoms with Gasteiger partial charge in [-0.2, -0.15) is 9.97 Å². The molecule has 1 aliphatic rings. The van der Waals surface area contributed by atoms with Crippen LogP contribution in [0.3, 0.4) is 0 Å². The zero-order chi connectivity index (χ0) is 24.1. The number of ketones is 1. The van der Waals surface area contributed by atoms with E-state index >= 15 is 0 Å². The Morgan fingerprint density at radius 3 is 2.71 bits per heavy atom. The van der Waals surface area contributed by atoms with Crippen molar-refractivity contribution >= 4 is 28.5 Å². The number of aromatic amines is 1. The maximum absolute atomic E-state index is 12.6. The minimum atomic E-state index is -0.248. The van der Waals surface area contributed by atoms with Crippen molar-refractivity contribution in [1.29, 1.82) is 0 Å². The van der Waals surface area contributed by atoms with Crippen molar-refractivity contribution in [3.05, 3.63) is 40.3 Å². The number of hydrogen-bond donors (Lipinski definition) is 2. The summed E-state index contributed by atoms with van der Waals surface area (Å²) in [5, 5.41) is 0. The van der Waals surface area contributed by atoms with Crippen LogP contribution >= 0.6 is 0 Å². The molecule has 0 saturated carbocycles. The summed E-state index contributed by atoms with van der Waals surface area (Å²) in [5.74, 6) is 0.383. The van der Waals surface area contributed by atoms with E-state index in [9.17, 15) is 9.59 Å². The highest BCUT2D eigenvalue weighted by Gasteiger charge is 2.19. The van der Waals surface area contributed by atoms with Crippen LogP contribution in [0, 0.1) is 0 Å². The van der Waals surface area contributed by atoms with E-state index in [-0.39, 0.29) is 23.3 Å². The van der Waals surface area contributed by atoms with Gasteiger partial charge >= 0.3 is 11.7 Å². The maximum atomic E-state index is 12.6. The molecule has 0 radical (unpaired) electrons. The van der Waals surface area contributed by atoms with E-state index in [1.54, 1.807) is 11.5 Å². The summed E-state index contributed by atoms with van der Waals surface area (Å²) in [6, 6.07) is 8.40. The molecule has 1 saturated heterocycles. The molecule has 1 fully saturated rings. The minimum Gasteiger partial charge on any atom is -0.463 e. The first-order chi connectivity index (χ1) is 16.4. The topological polar surface area (TPSA) is 122 Å². The second-order valence-corrected chi connectivity index (χ2v) is 8.75. The Morgan fingerprint density at radius 1 is 1.18 bits per heavy atom. The normalized spacial score (nSPS) is 14.6. The fraction of sp³-hybridized carbons (Fsp3) is 0.500. The molecule has 0 atom stereocenters. The molecule has 1 aromatic carbocycles. The number of benzene rings is 1. The van der Waals surface area contributed by atoms with Crippen molar-refractivity contribution in [3.63, 3.8) is 0 Å².